The molecule has 0 unspecified atom stereocenters. The predicted octanol–water partition coefficient (Wildman–Crippen LogP) is 4.42. The molecule has 1 aromatic carbocycles. The fourth-order valence-electron chi connectivity index (χ4n) is 2.39. The van der Waals surface area contributed by atoms with Crippen LogP contribution in [0.3, 0.4) is 0 Å². The van der Waals surface area contributed by atoms with E-state index >= 15 is 0 Å². The van der Waals surface area contributed by atoms with Crippen LogP contribution < -0.4 is 10.5 Å². The van der Waals surface area contributed by atoms with Gasteiger partial charge in [0.2, 0.25) is 0 Å². The van der Waals surface area contributed by atoms with Crippen molar-refractivity contribution in [3.63, 3.8) is 0 Å². The molecular weight excluding hydrogens is 358 g/mol. The second-order valence-corrected chi connectivity index (χ2v) is 6.51. The molecule has 2 rings (SSSR count). The number of halogens is 2. The van der Waals surface area contributed by atoms with E-state index in [-0.39, 0.29) is 0 Å². The Labute approximate surface area is 126 Å². The third kappa shape index (κ3) is 3.72. The van der Waals surface area contributed by atoms with Gasteiger partial charge in [-0.25, -0.2) is 0 Å². The van der Waals surface area contributed by atoms with Gasteiger partial charge in [0, 0.05) is 0 Å². The summed E-state index contributed by atoms with van der Waals surface area (Å²) in [7, 11) is 0. The molecule has 1 saturated carbocycles. The van der Waals surface area contributed by atoms with Gasteiger partial charge in [-0.3, -0.25) is 0 Å². The maximum absolute atomic E-state index is 6.12. The summed E-state index contributed by atoms with van der Waals surface area (Å²) in [4.78, 5) is 0. The molecule has 4 heteroatoms. The molecule has 1 fully saturated rings. The lowest BCUT2D eigenvalue weighted by Crippen LogP contribution is -2.20. The van der Waals surface area contributed by atoms with Crippen LogP contribution in [0.15, 0.2) is 21.1 Å². The normalized spacial score (nSPS) is 16.8. The van der Waals surface area contributed by atoms with Crippen molar-refractivity contribution in [2.45, 2.75) is 44.6 Å². The number of rotatable bonds is 4. The van der Waals surface area contributed by atoms with Gasteiger partial charge in [0.05, 0.1) is 15.0 Å². The van der Waals surface area contributed by atoms with Crippen molar-refractivity contribution in [2.24, 2.45) is 5.73 Å². The van der Waals surface area contributed by atoms with Crippen LogP contribution in [-0.2, 0) is 6.42 Å². The first-order valence-electron chi connectivity index (χ1n) is 6.55. The molecule has 1 aliphatic carbocycles. The van der Waals surface area contributed by atoms with Crippen molar-refractivity contribution >= 4 is 31.9 Å². The lowest BCUT2D eigenvalue weighted by molar-refractivity contribution is 0.153. The maximum atomic E-state index is 6.12. The highest BCUT2D eigenvalue weighted by Crippen LogP contribution is 2.37. The Hall–Kier alpha value is -0.0600. The molecule has 1 aliphatic rings. The zero-order valence-electron chi connectivity index (χ0n) is 10.4. The third-order valence-electron chi connectivity index (χ3n) is 3.33. The van der Waals surface area contributed by atoms with Crippen LogP contribution in [-0.4, -0.2) is 12.6 Å². The number of hydrogen-bond acceptors (Lipinski definition) is 2. The second-order valence-electron chi connectivity index (χ2n) is 4.81. The summed E-state index contributed by atoms with van der Waals surface area (Å²) in [5.41, 5.74) is 6.82. The largest absolute Gasteiger partial charge is 0.488 e. The van der Waals surface area contributed by atoms with Gasteiger partial charge in [-0.15, -0.1) is 0 Å². The van der Waals surface area contributed by atoms with E-state index in [1.54, 1.807) is 0 Å². The lowest BCUT2D eigenvalue weighted by Gasteiger charge is -2.24. The first-order chi connectivity index (χ1) is 8.70. The highest BCUT2D eigenvalue weighted by atomic mass is 79.9. The second kappa shape index (κ2) is 6.92. The summed E-state index contributed by atoms with van der Waals surface area (Å²) < 4.78 is 8.16. The molecule has 0 atom stereocenters. The molecule has 1 aromatic rings. The van der Waals surface area contributed by atoms with Gasteiger partial charge < -0.3 is 10.5 Å². The van der Waals surface area contributed by atoms with Crippen LogP contribution in [0.25, 0.3) is 0 Å². The van der Waals surface area contributed by atoms with Gasteiger partial charge in [0.25, 0.3) is 0 Å². The molecule has 0 heterocycles. The van der Waals surface area contributed by atoms with Gasteiger partial charge in [-0.05, 0) is 88.2 Å². The fraction of sp³-hybridized carbons (Fsp3) is 0.571. The molecule has 2 nitrogen and oxygen atoms in total. The zero-order valence-corrected chi connectivity index (χ0v) is 13.6. The van der Waals surface area contributed by atoms with Crippen molar-refractivity contribution in [1.82, 2.24) is 0 Å². The molecule has 0 aromatic heterocycles. The van der Waals surface area contributed by atoms with Crippen molar-refractivity contribution in [2.75, 3.05) is 6.54 Å². The number of benzene rings is 1. The SMILES string of the molecule is NCCc1cc(Br)c(OC2CCCCC2)c(Br)c1. The molecule has 0 amide bonds. The van der Waals surface area contributed by atoms with Gasteiger partial charge in [0.1, 0.15) is 5.75 Å². The van der Waals surface area contributed by atoms with Crippen LogP contribution in [0, 0.1) is 0 Å². The Morgan fingerprint density at radius 2 is 1.72 bits per heavy atom. The molecule has 18 heavy (non-hydrogen) atoms. The fourth-order valence-corrected chi connectivity index (χ4v) is 3.85. The van der Waals surface area contributed by atoms with Crippen LogP contribution >= 0.6 is 31.9 Å². The zero-order chi connectivity index (χ0) is 13.0. The van der Waals surface area contributed by atoms with Crippen LogP contribution in [0.5, 0.6) is 5.75 Å². The van der Waals surface area contributed by atoms with Gasteiger partial charge in [-0.1, -0.05) is 6.42 Å². The number of ether oxygens (including phenoxy) is 1. The minimum absolute atomic E-state index is 0.367. The van der Waals surface area contributed by atoms with E-state index in [1.165, 1.54) is 37.7 Å². The van der Waals surface area contributed by atoms with Gasteiger partial charge >= 0.3 is 0 Å². The Morgan fingerprint density at radius 1 is 1.11 bits per heavy atom. The minimum Gasteiger partial charge on any atom is -0.488 e. The molecule has 0 saturated heterocycles. The quantitative estimate of drug-likeness (QED) is 0.843. The standard InChI is InChI=1S/C14H19Br2NO/c15-12-8-10(6-7-17)9-13(16)14(12)18-11-4-2-1-3-5-11/h8-9,11H,1-7,17H2. The molecular formula is C14H19Br2NO. The van der Waals surface area contributed by atoms with Crippen molar-refractivity contribution < 1.29 is 4.74 Å². The Bertz CT molecular complexity index is 380. The molecule has 0 radical (unpaired) electrons. The Balaban J connectivity index is 2.11. The minimum atomic E-state index is 0.367. The third-order valence-corrected chi connectivity index (χ3v) is 4.51. The average Bonchev–Trinajstić information content (AvgIpc) is 2.36. The number of hydrogen-bond donors (Lipinski definition) is 1. The summed E-state index contributed by atoms with van der Waals surface area (Å²) in [5, 5.41) is 0. The van der Waals surface area contributed by atoms with Crippen molar-refractivity contribution in [3.8, 4) is 5.75 Å². The lowest BCUT2D eigenvalue weighted by atomic mass is 9.98. The van der Waals surface area contributed by atoms with Crippen molar-refractivity contribution in [3.05, 3.63) is 26.6 Å². The van der Waals surface area contributed by atoms with Crippen molar-refractivity contribution in [1.29, 1.82) is 0 Å². The highest BCUT2D eigenvalue weighted by Gasteiger charge is 2.18. The van der Waals surface area contributed by atoms with Crippen LogP contribution in [0.2, 0.25) is 0 Å². The average molecular weight is 377 g/mol. The summed E-state index contributed by atoms with van der Waals surface area (Å²) in [6.07, 6.45) is 7.51. The maximum Gasteiger partial charge on any atom is 0.148 e. The first-order valence-corrected chi connectivity index (χ1v) is 8.14. The monoisotopic (exact) mass is 375 g/mol. The van der Waals surface area contributed by atoms with Crippen LogP contribution in [0.1, 0.15) is 37.7 Å². The summed E-state index contributed by atoms with van der Waals surface area (Å²) >= 11 is 7.20. The summed E-state index contributed by atoms with van der Waals surface area (Å²) in [6, 6.07) is 4.21. The van der Waals surface area contributed by atoms with Gasteiger partial charge in [-0.2, -0.15) is 0 Å². The van der Waals surface area contributed by atoms with E-state index in [4.69, 9.17) is 10.5 Å². The summed E-state index contributed by atoms with van der Waals surface area (Å²) in [5.74, 6) is 0.933. The summed E-state index contributed by atoms with van der Waals surface area (Å²) in [6.45, 7) is 0.668. The Morgan fingerprint density at radius 3 is 2.28 bits per heavy atom. The smallest absolute Gasteiger partial charge is 0.148 e. The molecule has 2 N–H and O–H groups in total. The predicted molar refractivity (Wildman–Crippen MR) is 82.1 cm³/mol. The molecule has 0 bridgehead atoms. The first kappa shape index (κ1) is 14.4. The Kier molecular flexibility index (Phi) is 5.52. The molecule has 100 valence electrons. The van der Waals surface area contributed by atoms with E-state index in [1.807, 2.05) is 0 Å². The van der Waals surface area contributed by atoms with E-state index < -0.39 is 0 Å². The van der Waals surface area contributed by atoms with E-state index in [2.05, 4.69) is 44.0 Å². The molecule has 0 aliphatic heterocycles. The topological polar surface area (TPSA) is 35.2 Å². The van der Waals surface area contributed by atoms with E-state index in [9.17, 15) is 0 Å². The van der Waals surface area contributed by atoms with Crippen LogP contribution in [0.4, 0.5) is 0 Å². The number of nitrogens with two attached hydrogens (primary N) is 1. The highest BCUT2D eigenvalue weighted by molar-refractivity contribution is 9.11. The van der Waals surface area contributed by atoms with E-state index in [0.717, 1.165) is 21.1 Å². The molecule has 0 spiro atoms. The van der Waals surface area contributed by atoms with Gasteiger partial charge in [0.15, 0.2) is 0 Å². The van der Waals surface area contributed by atoms with E-state index in [0.29, 0.717) is 12.6 Å².